The molecule has 1 N–H and O–H groups in total. The van der Waals surface area contributed by atoms with Gasteiger partial charge in [0.25, 0.3) is 0 Å². The minimum absolute atomic E-state index is 0.0404. The fraction of sp³-hybridized carbons (Fsp3) is 0.250. The summed E-state index contributed by atoms with van der Waals surface area (Å²) < 4.78 is 27.4. The van der Waals surface area contributed by atoms with Crippen LogP contribution in [0.5, 0.6) is 0 Å². The molecule has 0 aliphatic heterocycles. The molecule has 1 aromatic carbocycles. The van der Waals surface area contributed by atoms with Gasteiger partial charge in [-0.3, -0.25) is 0 Å². The molecule has 2 rings (SSSR count). The summed E-state index contributed by atoms with van der Waals surface area (Å²) in [5.74, 6) is -1.09. The van der Waals surface area contributed by atoms with Gasteiger partial charge in [-0.25, -0.2) is 13.8 Å². The maximum absolute atomic E-state index is 13.7. The predicted molar refractivity (Wildman–Crippen MR) is 64.1 cm³/mol. The monoisotopic (exact) mass is 254 g/mol. The van der Waals surface area contributed by atoms with Crippen molar-refractivity contribution in [2.24, 2.45) is 0 Å². The van der Waals surface area contributed by atoms with Crippen molar-refractivity contribution in [3.8, 4) is 0 Å². The van der Waals surface area contributed by atoms with Crippen LogP contribution >= 0.6 is 11.3 Å². The Morgan fingerprint density at radius 1 is 1.29 bits per heavy atom. The van der Waals surface area contributed by atoms with Crippen molar-refractivity contribution in [3.05, 3.63) is 51.5 Å². The van der Waals surface area contributed by atoms with Crippen LogP contribution in [0.15, 0.2) is 24.4 Å². The first kappa shape index (κ1) is 12.1. The van der Waals surface area contributed by atoms with E-state index in [1.54, 1.807) is 13.2 Å². The smallest absolute Gasteiger partial charge is 0.131 e. The Morgan fingerprint density at radius 3 is 2.41 bits per heavy atom. The van der Waals surface area contributed by atoms with Gasteiger partial charge in [-0.2, -0.15) is 0 Å². The van der Waals surface area contributed by atoms with Gasteiger partial charge >= 0.3 is 0 Å². The van der Waals surface area contributed by atoms with E-state index in [1.165, 1.54) is 29.5 Å². The van der Waals surface area contributed by atoms with Gasteiger partial charge in [0, 0.05) is 16.6 Å². The summed E-state index contributed by atoms with van der Waals surface area (Å²) in [5, 5.41) is 3.79. The molecule has 1 atom stereocenters. The maximum atomic E-state index is 13.7. The van der Waals surface area contributed by atoms with Crippen molar-refractivity contribution < 1.29 is 8.78 Å². The van der Waals surface area contributed by atoms with E-state index < -0.39 is 17.7 Å². The number of halogens is 2. The standard InChI is InChI=1S/C12H12F2N2S/c1-7-16-6-10(17-7)12(15-2)11-8(13)4-3-5-9(11)14/h3-6,12,15H,1-2H3. The van der Waals surface area contributed by atoms with E-state index in [-0.39, 0.29) is 5.56 Å². The highest BCUT2D eigenvalue weighted by molar-refractivity contribution is 7.11. The first-order valence-corrected chi connectivity index (χ1v) is 5.98. The summed E-state index contributed by atoms with van der Waals surface area (Å²) in [5.41, 5.74) is 0.0404. The fourth-order valence-electron chi connectivity index (χ4n) is 1.73. The van der Waals surface area contributed by atoms with Gasteiger partial charge in [0.05, 0.1) is 11.0 Å². The van der Waals surface area contributed by atoms with Crippen molar-refractivity contribution in [3.63, 3.8) is 0 Å². The molecule has 2 nitrogen and oxygen atoms in total. The van der Waals surface area contributed by atoms with Crippen LogP contribution in [0.4, 0.5) is 8.78 Å². The number of thiazole rings is 1. The van der Waals surface area contributed by atoms with Crippen LogP contribution in [-0.2, 0) is 0 Å². The number of hydrogen-bond acceptors (Lipinski definition) is 3. The third-order valence-corrected chi connectivity index (χ3v) is 3.48. The molecule has 1 heterocycles. The van der Waals surface area contributed by atoms with Crippen LogP contribution in [0.2, 0.25) is 0 Å². The van der Waals surface area contributed by atoms with E-state index in [1.807, 2.05) is 6.92 Å². The molecule has 0 bridgehead atoms. The van der Waals surface area contributed by atoms with Gasteiger partial charge in [0.15, 0.2) is 0 Å². The second-order valence-corrected chi connectivity index (χ2v) is 4.91. The molecule has 0 aliphatic rings. The molecule has 0 radical (unpaired) electrons. The van der Waals surface area contributed by atoms with Gasteiger partial charge in [-0.1, -0.05) is 6.07 Å². The summed E-state index contributed by atoms with van der Waals surface area (Å²) in [4.78, 5) is 4.90. The quantitative estimate of drug-likeness (QED) is 0.910. The molecule has 0 saturated carbocycles. The van der Waals surface area contributed by atoms with Crippen molar-refractivity contribution in [2.75, 3.05) is 7.05 Å². The van der Waals surface area contributed by atoms with E-state index in [4.69, 9.17) is 0 Å². The molecule has 90 valence electrons. The van der Waals surface area contributed by atoms with Gasteiger partial charge in [0.2, 0.25) is 0 Å². The lowest BCUT2D eigenvalue weighted by molar-refractivity contribution is 0.524. The van der Waals surface area contributed by atoms with E-state index in [2.05, 4.69) is 10.3 Å². The zero-order valence-electron chi connectivity index (χ0n) is 9.50. The van der Waals surface area contributed by atoms with Gasteiger partial charge in [-0.05, 0) is 26.1 Å². The number of aryl methyl sites for hydroxylation is 1. The number of nitrogens with one attached hydrogen (secondary N) is 1. The molecule has 5 heteroatoms. The van der Waals surface area contributed by atoms with Gasteiger partial charge < -0.3 is 5.32 Å². The number of hydrogen-bond donors (Lipinski definition) is 1. The zero-order chi connectivity index (χ0) is 12.4. The molecule has 0 spiro atoms. The lowest BCUT2D eigenvalue weighted by Gasteiger charge is -2.16. The van der Waals surface area contributed by atoms with Crippen molar-refractivity contribution in [1.29, 1.82) is 0 Å². The minimum Gasteiger partial charge on any atom is -0.308 e. The average molecular weight is 254 g/mol. The fourth-order valence-corrected chi connectivity index (χ4v) is 2.63. The predicted octanol–water partition coefficient (Wildman–Crippen LogP) is 3.04. The molecule has 0 aliphatic carbocycles. The Balaban J connectivity index is 2.49. The lowest BCUT2D eigenvalue weighted by Crippen LogP contribution is -2.19. The molecule has 17 heavy (non-hydrogen) atoms. The summed E-state index contributed by atoms with van der Waals surface area (Å²) in [6.45, 7) is 1.86. The normalized spacial score (nSPS) is 12.7. The molecule has 1 aromatic heterocycles. The zero-order valence-corrected chi connectivity index (χ0v) is 10.3. The largest absolute Gasteiger partial charge is 0.308 e. The Kier molecular flexibility index (Phi) is 3.49. The Bertz CT molecular complexity index is 505. The van der Waals surface area contributed by atoms with E-state index in [9.17, 15) is 8.78 Å². The summed E-state index contributed by atoms with van der Waals surface area (Å²) in [6.07, 6.45) is 1.65. The van der Waals surface area contributed by atoms with Crippen molar-refractivity contribution in [2.45, 2.75) is 13.0 Å². The molecule has 0 saturated heterocycles. The van der Waals surface area contributed by atoms with E-state index >= 15 is 0 Å². The Labute approximate surface area is 102 Å². The molecular weight excluding hydrogens is 242 g/mol. The number of nitrogens with zero attached hydrogens (tertiary/aromatic N) is 1. The molecule has 0 fully saturated rings. The minimum atomic E-state index is -0.546. The van der Waals surface area contributed by atoms with Gasteiger partial charge in [0.1, 0.15) is 11.6 Å². The summed E-state index contributed by atoms with van der Waals surface area (Å²) in [7, 11) is 1.67. The Hall–Kier alpha value is -1.33. The number of benzene rings is 1. The molecule has 0 amide bonds. The number of aromatic nitrogens is 1. The highest BCUT2D eigenvalue weighted by atomic mass is 32.1. The highest BCUT2D eigenvalue weighted by Crippen LogP contribution is 2.29. The second kappa shape index (κ2) is 4.89. The van der Waals surface area contributed by atoms with Crippen LogP contribution in [0.3, 0.4) is 0 Å². The van der Waals surface area contributed by atoms with Crippen LogP contribution in [0.25, 0.3) is 0 Å². The summed E-state index contributed by atoms with van der Waals surface area (Å²) in [6, 6.07) is 3.38. The third kappa shape index (κ3) is 2.35. The number of rotatable bonds is 3. The van der Waals surface area contributed by atoms with Gasteiger partial charge in [-0.15, -0.1) is 11.3 Å². The topological polar surface area (TPSA) is 24.9 Å². The van der Waals surface area contributed by atoms with Crippen LogP contribution in [0, 0.1) is 18.6 Å². The average Bonchev–Trinajstić information content (AvgIpc) is 2.70. The summed E-state index contributed by atoms with van der Waals surface area (Å²) >= 11 is 1.43. The molecule has 1 unspecified atom stereocenters. The lowest BCUT2D eigenvalue weighted by atomic mass is 10.0. The van der Waals surface area contributed by atoms with Crippen LogP contribution < -0.4 is 5.32 Å². The van der Waals surface area contributed by atoms with E-state index in [0.717, 1.165) is 9.88 Å². The van der Waals surface area contributed by atoms with Crippen molar-refractivity contribution in [1.82, 2.24) is 10.3 Å². The van der Waals surface area contributed by atoms with Crippen LogP contribution in [-0.4, -0.2) is 12.0 Å². The van der Waals surface area contributed by atoms with E-state index in [0.29, 0.717) is 0 Å². The van der Waals surface area contributed by atoms with Crippen LogP contribution in [0.1, 0.15) is 21.5 Å². The highest BCUT2D eigenvalue weighted by Gasteiger charge is 2.21. The van der Waals surface area contributed by atoms with Crippen molar-refractivity contribution >= 4 is 11.3 Å². The first-order chi connectivity index (χ1) is 8.13. The Morgan fingerprint density at radius 2 is 1.94 bits per heavy atom. The SMILES string of the molecule is CNC(c1cnc(C)s1)c1c(F)cccc1F. The maximum Gasteiger partial charge on any atom is 0.131 e. The second-order valence-electron chi connectivity index (χ2n) is 3.64. The first-order valence-electron chi connectivity index (χ1n) is 5.17. The third-order valence-electron chi connectivity index (χ3n) is 2.50. The molecule has 2 aromatic rings. The molecular formula is C12H12F2N2S.